The van der Waals surface area contributed by atoms with Gasteiger partial charge in [-0.25, -0.2) is 0 Å². The van der Waals surface area contributed by atoms with E-state index in [0.29, 0.717) is 13.2 Å². The van der Waals surface area contributed by atoms with Gasteiger partial charge in [0.05, 0.1) is 18.6 Å². The van der Waals surface area contributed by atoms with Gasteiger partial charge in [-0.05, 0) is 26.9 Å². The van der Waals surface area contributed by atoms with Crippen molar-refractivity contribution in [1.29, 1.82) is 0 Å². The van der Waals surface area contributed by atoms with Crippen LogP contribution in [0, 0.1) is 5.41 Å². The topological polar surface area (TPSA) is 58.8 Å². The number of likely N-dealkylation sites (N-methyl/N-ethyl adjacent to an activating group) is 1. The number of ether oxygens (including phenoxy) is 1. The van der Waals surface area contributed by atoms with Crippen molar-refractivity contribution in [1.82, 2.24) is 9.80 Å². The van der Waals surface area contributed by atoms with E-state index in [1.807, 2.05) is 11.8 Å². The predicted octanol–water partition coefficient (Wildman–Crippen LogP) is -0.486. The first-order chi connectivity index (χ1) is 8.04. The highest BCUT2D eigenvalue weighted by Crippen LogP contribution is 2.29. The summed E-state index contributed by atoms with van der Waals surface area (Å²) in [7, 11) is 2.10. The van der Waals surface area contributed by atoms with Crippen LogP contribution >= 0.6 is 0 Å². The van der Waals surface area contributed by atoms with Crippen molar-refractivity contribution in [3.8, 4) is 0 Å². The first kappa shape index (κ1) is 12.8. The minimum Gasteiger partial charge on any atom is -0.379 e. The molecule has 0 aromatic carbocycles. The number of amides is 1. The Bertz CT molecular complexity index is 297. The molecule has 2 aliphatic heterocycles. The van der Waals surface area contributed by atoms with E-state index in [9.17, 15) is 4.79 Å². The number of hydrogen-bond donors (Lipinski definition) is 1. The molecule has 2 unspecified atom stereocenters. The lowest BCUT2D eigenvalue weighted by Crippen LogP contribution is -2.52. The molecule has 2 fully saturated rings. The van der Waals surface area contributed by atoms with E-state index in [-0.39, 0.29) is 11.9 Å². The Balaban J connectivity index is 2.03. The summed E-state index contributed by atoms with van der Waals surface area (Å²) in [6.07, 6.45) is 1.04. The van der Waals surface area contributed by atoms with Gasteiger partial charge in [-0.15, -0.1) is 0 Å². The number of nitrogens with two attached hydrogens (primary N) is 1. The molecule has 0 bridgehead atoms. The molecule has 0 aromatic rings. The zero-order valence-corrected chi connectivity index (χ0v) is 10.8. The van der Waals surface area contributed by atoms with Crippen LogP contribution in [0.25, 0.3) is 0 Å². The zero-order valence-electron chi connectivity index (χ0n) is 10.8. The first-order valence-electron chi connectivity index (χ1n) is 6.35. The molecule has 0 aromatic heterocycles. The third-order valence-corrected chi connectivity index (χ3v) is 4.01. The van der Waals surface area contributed by atoms with E-state index >= 15 is 0 Å². The fourth-order valence-electron chi connectivity index (χ4n) is 2.52. The van der Waals surface area contributed by atoms with Crippen LogP contribution in [0.2, 0.25) is 0 Å². The van der Waals surface area contributed by atoms with E-state index in [0.717, 1.165) is 32.6 Å². The molecule has 0 radical (unpaired) electrons. The van der Waals surface area contributed by atoms with Gasteiger partial charge in [0, 0.05) is 25.7 Å². The Morgan fingerprint density at radius 2 is 2.12 bits per heavy atom. The van der Waals surface area contributed by atoms with Gasteiger partial charge in [0.15, 0.2) is 0 Å². The van der Waals surface area contributed by atoms with Gasteiger partial charge in [-0.2, -0.15) is 0 Å². The lowest BCUT2D eigenvalue weighted by Gasteiger charge is -2.32. The van der Waals surface area contributed by atoms with Gasteiger partial charge in [0.1, 0.15) is 0 Å². The highest BCUT2D eigenvalue weighted by molar-refractivity contribution is 5.83. The highest BCUT2D eigenvalue weighted by Gasteiger charge is 2.46. The molecule has 2 atom stereocenters. The Morgan fingerprint density at radius 3 is 2.76 bits per heavy atom. The minimum absolute atomic E-state index is 0.165. The third kappa shape index (κ3) is 2.46. The van der Waals surface area contributed by atoms with Crippen molar-refractivity contribution >= 4 is 5.91 Å². The third-order valence-electron chi connectivity index (χ3n) is 4.01. The maximum absolute atomic E-state index is 12.5. The standard InChI is InChI=1S/C12H23N3O2/c1-12(9-17-8-10(12)13)11(16)15-5-3-4-14(2)6-7-15/h10H,3-9,13H2,1-2H3. The maximum Gasteiger partial charge on any atom is 0.232 e. The van der Waals surface area contributed by atoms with E-state index in [4.69, 9.17) is 10.5 Å². The van der Waals surface area contributed by atoms with Gasteiger partial charge in [0.2, 0.25) is 5.91 Å². The number of carbonyl (C=O) groups excluding carboxylic acids is 1. The summed E-state index contributed by atoms with van der Waals surface area (Å²) >= 11 is 0. The number of nitrogens with zero attached hydrogens (tertiary/aromatic N) is 2. The number of rotatable bonds is 1. The fraction of sp³-hybridized carbons (Fsp3) is 0.917. The van der Waals surface area contributed by atoms with Crippen molar-refractivity contribution in [3.05, 3.63) is 0 Å². The molecule has 2 saturated heterocycles. The van der Waals surface area contributed by atoms with Crippen LogP contribution in [0.15, 0.2) is 0 Å². The van der Waals surface area contributed by atoms with Gasteiger partial charge in [-0.1, -0.05) is 0 Å². The summed E-state index contributed by atoms with van der Waals surface area (Å²) in [6, 6.07) is -0.170. The molecule has 2 aliphatic rings. The maximum atomic E-state index is 12.5. The summed E-state index contributed by atoms with van der Waals surface area (Å²) < 4.78 is 5.35. The van der Waals surface area contributed by atoms with Crippen molar-refractivity contribution in [2.24, 2.45) is 11.1 Å². The van der Waals surface area contributed by atoms with E-state index in [2.05, 4.69) is 11.9 Å². The molecule has 5 nitrogen and oxygen atoms in total. The van der Waals surface area contributed by atoms with Crippen LogP contribution in [0.5, 0.6) is 0 Å². The average molecular weight is 241 g/mol. The quantitative estimate of drug-likeness (QED) is 0.673. The lowest BCUT2D eigenvalue weighted by atomic mass is 9.84. The average Bonchev–Trinajstić information content (AvgIpc) is 2.52. The molecular formula is C12H23N3O2. The number of carbonyl (C=O) groups is 1. The molecule has 17 heavy (non-hydrogen) atoms. The second-order valence-corrected chi connectivity index (χ2v) is 5.49. The molecule has 2 heterocycles. The van der Waals surface area contributed by atoms with Gasteiger partial charge in [0.25, 0.3) is 0 Å². The van der Waals surface area contributed by atoms with Crippen LogP contribution in [0.1, 0.15) is 13.3 Å². The summed E-state index contributed by atoms with van der Waals surface area (Å²) in [5, 5.41) is 0. The molecule has 2 N–H and O–H groups in total. The molecule has 98 valence electrons. The second-order valence-electron chi connectivity index (χ2n) is 5.49. The van der Waals surface area contributed by atoms with Crippen LogP contribution in [0.3, 0.4) is 0 Å². The normalized spacial score (nSPS) is 35.9. The Labute approximate surface area is 103 Å². The van der Waals surface area contributed by atoms with E-state index < -0.39 is 5.41 Å². The zero-order chi connectivity index (χ0) is 12.5. The largest absolute Gasteiger partial charge is 0.379 e. The molecule has 1 amide bonds. The highest BCUT2D eigenvalue weighted by atomic mass is 16.5. The van der Waals surface area contributed by atoms with Crippen LogP contribution < -0.4 is 5.73 Å². The number of hydrogen-bond acceptors (Lipinski definition) is 4. The predicted molar refractivity (Wildman–Crippen MR) is 65.6 cm³/mol. The van der Waals surface area contributed by atoms with Gasteiger partial charge < -0.3 is 20.3 Å². The molecule has 0 aliphatic carbocycles. The molecule has 0 spiro atoms. The summed E-state index contributed by atoms with van der Waals surface area (Å²) in [5.74, 6) is 0.165. The Hall–Kier alpha value is -0.650. The fourth-order valence-corrected chi connectivity index (χ4v) is 2.52. The van der Waals surface area contributed by atoms with Crippen LogP contribution in [-0.4, -0.2) is 68.2 Å². The Kier molecular flexibility index (Phi) is 3.70. The monoisotopic (exact) mass is 241 g/mol. The van der Waals surface area contributed by atoms with Gasteiger partial charge in [-0.3, -0.25) is 4.79 Å². The molecule has 5 heteroatoms. The van der Waals surface area contributed by atoms with E-state index in [1.165, 1.54) is 0 Å². The molecule has 0 saturated carbocycles. The molecular weight excluding hydrogens is 218 g/mol. The SMILES string of the molecule is CN1CCCN(C(=O)C2(C)COCC2N)CC1. The van der Waals surface area contributed by atoms with E-state index in [1.54, 1.807) is 0 Å². The van der Waals surface area contributed by atoms with Crippen LogP contribution in [0.4, 0.5) is 0 Å². The summed E-state index contributed by atoms with van der Waals surface area (Å²) in [4.78, 5) is 16.8. The smallest absolute Gasteiger partial charge is 0.232 e. The first-order valence-corrected chi connectivity index (χ1v) is 6.35. The van der Waals surface area contributed by atoms with Crippen molar-refractivity contribution in [2.45, 2.75) is 19.4 Å². The summed E-state index contributed by atoms with van der Waals surface area (Å²) in [6.45, 7) is 6.53. The van der Waals surface area contributed by atoms with Crippen molar-refractivity contribution in [2.75, 3.05) is 46.4 Å². The van der Waals surface area contributed by atoms with Crippen molar-refractivity contribution in [3.63, 3.8) is 0 Å². The summed E-state index contributed by atoms with van der Waals surface area (Å²) in [5.41, 5.74) is 5.48. The van der Waals surface area contributed by atoms with Crippen LogP contribution in [-0.2, 0) is 9.53 Å². The van der Waals surface area contributed by atoms with Crippen molar-refractivity contribution < 1.29 is 9.53 Å². The lowest BCUT2D eigenvalue weighted by molar-refractivity contribution is -0.141. The Morgan fingerprint density at radius 1 is 1.35 bits per heavy atom. The van der Waals surface area contributed by atoms with Gasteiger partial charge >= 0.3 is 0 Å². The molecule has 2 rings (SSSR count). The second kappa shape index (κ2) is 4.92. The minimum atomic E-state index is -0.525.